The zero-order valence-corrected chi connectivity index (χ0v) is 20.7. The number of carbonyl (C=O) groups excluding carboxylic acids is 1. The third-order valence-corrected chi connectivity index (χ3v) is 8.94. The lowest BCUT2D eigenvalue weighted by Crippen LogP contribution is -2.49. The minimum Gasteiger partial charge on any atom is -0.457 e. The van der Waals surface area contributed by atoms with Crippen molar-refractivity contribution in [2.45, 2.75) is 37.6 Å². The molecule has 1 spiro atoms. The number of rotatable bonds is 6. The first-order valence-electron chi connectivity index (χ1n) is 12.0. The molecule has 1 amide bonds. The van der Waals surface area contributed by atoms with E-state index >= 15 is 0 Å². The highest BCUT2D eigenvalue weighted by Gasteiger charge is 2.50. The Morgan fingerprint density at radius 1 is 0.857 bits per heavy atom. The Kier molecular flexibility index (Phi) is 6.38. The molecule has 35 heavy (non-hydrogen) atoms. The Morgan fingerprint density at radius 2 is 1.54 bits per heavy atom. The molecule has 2 aliphatic rings. The molecule has 0 aromatic heterocycles. The van der Waals surface area contributed by atoms with Gasteiger partial charge in [-0.05, 0) is 68.1 Å². The lowest BCUT2D eigenvalue weighted by atomic mass is 9.79. The first-order chi connectivity index (χ1) is 16.9. The van der Waals surface area contributed by atoms with Crippen molar-refractivity contribution in [3.63, 3.8) is 0 Å². The van der Waals surface area contributed by atoms with Crippen molar-refractivity contribution < 1.29 is 17.9 Å². The van der Waals surface area contributed by atoms with Gasteiger partial charge in [0.15, 0.2) is 0 Å². The van der Waals surface area contributed by atoms with Crippen LogP contribution in [-0.4, -0.2) is 43.2 Å². The molecule has 0 bridgehead atoms. The lowest BCUT2D eigenvalue weighted by Gasteiger charge is -2.38. The maximum Gasteiger partial charge on any atom is 0.243 e. The largest absolute Gasteiger partial charge is 0.457 e. The third kappa shape index (κ3) is 4.83. The second-order valence-corrected chi connectivity index (χ2v) is 11.5. The Hall–Kier alpha value is -3.16. The van der Waals surface area contributed by atoms with E-state index in [9.17, 15) is 13.2 Å². The molecule has 3 aromatic carbocycles. The lowest BCUT2D eigenvalue weighted by molar-refractivity contribution is -0.138. The minimum atomic E-state index is -3.62. The number of sulfonamides is 1. The van der Waals surface area contributed by atoms with Crippen LogP contribution in [0.1, 0.15) is 30.4 Å². The molecule has 2 aliphatic heterocycles. The van der Waals surface area contributed by atoms with Gasteiger partial charge in [0.25, 0.3) is 0 Å². The number of nitrogens with zero attached hydrogens (tertiary/aromatic N) is 2. The summed E-state index contributed by atoms with van der Waals surface area (Å²) in [5.41, 5.74) is 1.41. The molecule has 6 nitrogen and oxygen atoms in total. The molecule has 2 fully saturated rings. The van der Waals surface area contributed by atoms with E-state index in [1.54, 1.807) is 12.1 Å². The number of hydrogen-bond donors (Lipinski definition) is 0. The van der Waals surface area contributed by atoms with Gasteiger partial charge < -0.3 is 9.64 Å². The Balaban J connectivity index is 1.26. The van der Waals surface area contributed by atoms with E-state index in [4.69, 9.17) is 4.74 Å². The number of piperidine rings is 1. The number of para-hydroxylation sites is 1. The van der Waals surface area contributed by atoms with Crippen LogP contribution in [0.4, 0.5) is 0 Å². The third-order valence-electron chi connectivity index (χ3n) is 7.08. The molecule has 0 aliphatic carbocycles. The van der Waals surface area contributed by atoms with Gasteiger partial charge in [-0.1, -0.05) is 48.0 Å². The van der Waals surface area contributed by atoms with Gasteiger partial charge in [0.05, 0.1) is 10.3 Å². The van der Waals surface area contributed by atoms with Crippen LogP contribution in [0.2, 0.25) is 0 Å². The molecule has 2 saturated heterocycles. The molecule has 1 unspecified atom stereocenters. The fourth-order valence-electron chi connectivity index (χ4n) is 5.08. The highest BCUT2D eigenvalue weighted by molar-refractivity contribution is 7.89. The summed E-state index contributed by atoms with van der Waals surface area (Å²) in [5, 5.41) is 0. The van der Waals surface area contributed by atoms with Crippen LogP contribution in [0.3, 0.4) is 0 Å². The van der Waals surface area contributed by atoms with Crippen LogP contribution in [0.15, 0.2) is 83.8 Å². The van der Waals surface area contributed by atoms with E-state index in [0.29, 0.717) is 37.4 Å². The number of carbonyl (C=O) groups is 1. The molecule has 0 radical (unpaired) electrons. The molecule has 5 rings (SSSR count). The molecule has 182 valence electrons. The fourth-order valence-corrected chi connectivity index (χ4v) is 6.65. The Bertz CT molecular complexity index is 1290. The van der Waals surface area contributed by atoms with Gasteiger partial charge in [-0.25, -0.2) is 8.42 Å². The zero-order chi connectivity index (χ0) is 24.5. The summed E-state index contributed by atoms with van der Waals surface area (Å²) in [6, 6.07) is 24.3. The highest BCUT2D eigenvalue weighted by atomic mass is 32.2. The summed E-state index contributed by atoms with van der Waals surface area (Å²) in [7, 11) is -3.62. The summed E-state index contributed by atoms with van der Waals surface area (Å²) in [5.74, 6) is 1.58. The van der Waals surface area contributed by atoms with Crippen molar-refractivity contribution in [3.8, 4) is 11.5 Å². The zero-order valence-electron chi connectivity index (χ0n) is 19.9. The van der Waals surface area contributed by atoms with E-state index in [1.807, 2.05) is 78.6 Å². The van der Waals surface area contributed by atoms with E-state index < -0.39 is 15.4 Å². The van der Waals surface area contributed by atoms with Crippen LogP contribution < -0.4 is 4.74 Å². The van der Waals surface area contributed by atoms with Crippen LogP contribution in [-0.2, 0) is 21.4 Å². The van der Waals surface area contributed by atoms with Gasteiger partial charge in [0, 0.05) is 26.2 Å². The van der Waals surface area contributed by atoms with Gasteiger partial charge in [-0.2, -0.15) is 4.31 Å². The van der Waals surface area contributed by atoms with E-state index in [1.165, 1.54) is 4.31 Å². The van der Waals surface area contributed by atoms with Crippen LogP contribution >= 0.6 is 0 Å². The molecule has 0 saturated carbocycles. The fraction of sp³-hybridized carbons (Fsp3) is 0.321. The maximum absolute atomic E-state index is 13.5. The number of aryl methyl sites for hydroxylation is 1. The summed E-state index contributed by atoms with van der Waals surface area (Å²) in [6.45, 7) is 3.79. The number of likely N-dealkylation sites (tertiary alicyclic amines) is 1. The summed E-state index contributed by atoms with van der Waals surface area (Å²) in [6.07, 6.45) is 2.10. The predicted octanol–water partition coefficient (Wildman–Crippen LogP) is 4.99. The van der Waals surface area contributed by atoms with E-state index in [0.717, 1.165) is 29.0 Å². The SMILES string of the molecule is Cc1ccc(S(=O)(=O)N2CCCC3(CCN(Cc4ccc(Oc5ccccc5)cc4)C3=O)C2)cc1. The quantitative estimate of drug-likeness (QED) is 0.488. The second-order valence-electron chi connectivity index (χ2n) is 9.57. The number of amides is 1. The smallest absolute Gasteiger partial charge is 0.243 e. The van der Waals surface area contributed by atoms with Gasteiger partial charge in [0.2, 0.25) is 15.9 Å². The molecule has 2 heterocycles. The standard InChI is InChI=1S/C28H30N2O4S/c1-22-8-14-26(15-9-22)35(32,33)30-18-5-16-28(21-30)17-19-29(27(28)31)20-23-10-12-25(13-11-23)34-24-6-3-2-4-7-24/h2-4,6-15H,5,16-21H2,1H3. The predicted molar refractivity (Wildman–Crippen MR) is 135 cm³/mol. The summed E-state index contributed by atoms with van der Waals surface area (Å²) >= 11 is 0. The van der Waals surface area contributed by atoms with Crippen molar-refractivity contribution in [1.82, 2.24) is 9.21 Å². The van der Waals surface area contributed by atoms with Crippen LogP contribution in [0, 0.1) is 12.3 Å². The van der Waals surface area contributed by atoms with Crippen LogP contribution in [0.5, 0.6) is 11.5 Å². The van der Waals surface area contributed by atoms with E-state index in [2.05, 4.69) is 0 Å². The molecular weight excluding hydrogens is 460 g/mol. The maximum atomic E-state index is 13.5. The van der Waals surface area contributed by atoms with Gasteiger partial charge in [-0.3, -0.25) is 4.79 Å². The monoisotopic (exact) mass is 490 g/mol. The minimum absolute atomic E-state index is 0.0610. The average Bonchev–Trinajstić information content (AvgIpc) is 3.15. The summed E-state index contributed by atoms with van der Waals surface area (Å²) in [4.78, 5) is 15.7. The van der Waals surface area contributed by atoms with Gasteiger partial charge in [-0.15, -0.1) is 0 Å². The van der Waals surface area contributed by atoms with Gasteiger partial charge in [0.1, 0.15) is 11.5 Å². The number of benzene rings is 3. The first kappa shape index (κ1) is 23.6. The average molecular weight is 491 g/mol. The van der Waals surface area contributed by atoms with Crippen molar-refractivity contribution in [2.24, 2.45) is 5.41 Å². The first-order valence-corrected chi connectivity index (χ1v) is 13.5. The molecule has 0 N–H and O–H groups in total. The number of ether oxygens (including phenoxy) is 1. The van der Waals surface area contributed by atoms with Crippen LogP contribution in [0.25, 0.3) is 0 Å². The van der Waals surface area contributed by atoms with E-state index in [-0.39, 0.29) is 12.5 Å². The highest BCUT2D eigenvalue weighted by Crippen LogP contribution is 2.42. The molecular formula is C28H30N2O4S. The van der Waals surface area contributed by atoms with Gasteiger partial charge >= 0.3 is 0 Å². The van der Waals surface area contributed by atoms with Crippen molar-refractivity contribution >= 4 is 15.9 Å². The Morgan fingerprint density at radius 3 is 2.26 bits per heavy atom. The normalized spacial score (nSPS) is 20.9. The Labute approximate surface area is 207 Å². The summed E-state index contributed by atoms with van der Waals surface area (Å²) < 4.78 is 33.9. The van der Waals surface area contributed by atoms with Crippen molar-refractivity contribution in [3.05, 3.63) is 90.0 Å². The second kappa shape index (κ2) is 9.47. The topological polar surface area (TPSA) is 66.9 Å². The molecule has 3 aromatic rings. The van der Waals surface area contributed by atoms with Crippen molar-refractivity contribution in [1.29, 1.82) is 0 Å². The van der Waals surface area contributed by atoms with Crippen molar-refractivity contribution in [2.75, 3.05) is 19.6 Å². The number of hydrogen-bond acceptors (Lipinski definition) is 4. The molecule has 1 atom stereocenters. The molecule has 7 heteroatoms.